The predicted octanol–water partition coefficient (Wildman–Crippen LogP) is 1.72. The molecule has 106 valence electrons. The smallest absolute Gasteiger partial charge is 0.239 e. The Morgan fingerprint density at radius 3 is 2.90 bits per heavy atom. The van der Waals surface area contributed by atoms with E-state index in [-0.39, 0.29) is 12.5 Å². The number of nitrogens with one attached hydrogen (secondary N) is 2. The molecule has 1 amide bonds. The zero-order chi connectivity index (χ0) is 14.4. The van der Waals surface area contributed by atoms with Crippen LogP contribution in [-0.4, -0.2) is 24.7 Å². The van der Waals surface area contributed by atoms with Gasteiger partial charge >= 0.3 is 0 Å². The van der Waals surface area contributed by atoms with Gasteiger partial charge in [-0.15, -0.1) is 0 Å². The van der Waals surface area contributed by atoms with Gasteiger partial charge in [-0.05, 0) is 13.0 Å². The van der Waals surface area contributed by atoms with Gasteiger partial charge in [0.05, 0.1) is 13.7 Å². The summed E-state index contributed by atoms with van der Waals surface area (Å²) in [5.74, 6) is 1.70. The zero-order valence-electron chi connectivity index (χ0n) is 11.5. The summed E-state index contributed by atoms with van der Waals surface area (Å²) < 4.78 is 10.1. The third-order valence-corrected chi connectivity index (χ3v) is 2.69. The number of hydrogen-bond donors (Lipinski definition) is 2. The van der Waals surface area contributed by atoms with Gasteiger partial charge in [0.1, 0.15) is 11.5 Å². The van der Waals surface area contributed by atoms with Crippen LogP contribution in [-0.2, 0) is 11.3 Å². The lowest BCUT2D eigenvalue weighted by molar-refractivity contribution is -0.115. The van der Waals surface area contributed by atoms with Crippen molar-refractivity contribution < 1.29 is 14.1 Å². The van der Waals surface area contributed by atoms with E-state index in [0.29, 0.717) is 18.1 Å². The van der Waals surface area contributed by atoms with Gasteiger partial charge in [0.25, 0.3) is 0 Å². The fourth-order valence-electron chi connectivity index (χ4n) is 1.77. The normalized spacial score (nSPS) is 10.3. The minimum atomic E-state index is -0.173. The number of methoxy groups -OCH3 is 1. The molecule has 2 aromatic rings. The number of rotatable bonds is 6. The van der Waals surface area contributed by atoms with Crippen molar-refractivity contribution in [3.63, 3.8) is 0 Å². The number of aromatic nitrogens is 1. The summed E-state index contributed by atoms with van der Waals surface area (Å²) in [6, 6.07) is 9.33. The fraction of sp³-hybridized carbons (Fsp3) is 0.286. The molecule has 0 radical (unpaired) electrons. The Hall–Kier alpha value is -2.34. The first-order valence-electron chi connectivity index (χ1n) is 6.25. The number of hydrogen-bond acceptors (Lipinski definition) is 5. The van der Waals surface area contributed by atoms with Gasteiger partial charge in [0.2, 0.25) is 5.91 Å². The third-order valence-electron chi connectivity index (χ3n) is 2.69. The van der Waals surface area contributed by atoms with Crippen LogP contribution in [0.25, 0.3) is 0 Å². The highest BCUT2D eigenvalue weighted by Crippen LogP contribution is 2.16. The highest BCUT2D eigenvalue weighted by molar-refractivity contribution is 5.91. The number of anilines is 1. The lowest BCUT2D eigenvalue weighted by atomic mass is 10.2. The summed E-state index contributed by atoms with van der Waals surface area (Å²) in [5, 5.41) is 9.39. The maximum atomic E-state index is 11.7. The average molecular weight is 275 g/mol. The van der Waals surface area contributed by atoms with Crippen molar-refractivity contribution in [1.82, 2.24) is 10.5 Å². The average Bonchev–Trinajstić information content (AvgIpc) is 2.84. The molecule has 0 atom stereocenters. The van der Waals surface area contributed by atoms with E-state index in [0.717, 1.165) is 11.3 Å². The number of para-hydroxylation sites is 1. The Labute approximate surface area is 117 Å². The van der Waals surface area contributed by atoms with Crippen LogP contribution in [0.1, 0.15) is 11.3 Å². The van der Waals surface area contributed by atoms with Crippen molar-refractivity contribution in [2.45, 2.75) is 13.5 Å². The van der Waals surface area contributed by atoms with Crippen LogP contribution in [0.5, 0.6) is 5.75 Å². The molecule has 6 heteroatoms. The van der Waals surface area contributed by atoms with Gasteiger partial charge in [0.15, 0.2) is 5.82 Å². The number of benzene rings is 1. The van der Waals surface area contributed by atoms with Gasteiger partial charge in [-0.25, -0.2) is 0 Å². The standard InChI is InChI=1S/C14H17N3O3/c1-10-7-13(17-20-10)16-14(18)9-15-8-11-5-3-4-6-12(11)19-2/h3-7,15H,8-9H2,1-2H3,(H,16,17,18). The van der Waals surface area contributed by atoms with Crippen LogP contribution < -0.4 is 15.4 Å². The minimum Gasteiger partial charge on any atom is -0.496 e. The van der Waals surface area contributed by atoms with E-state index in [1.54, 1.807) is 20.1 Å². The molecule has 1 aromatic heterocycles. The molecule has 0 fully saturated rings. The Balaban J connectivity index is 1.79. The Morgan fingerprint density at radius 2 is 2.20 bits per heavy atom. The molecule has 0 aliphatic heterocycles. The first kappa shape index (κ1) is 14.1. The first-order valence-corrected chi connectivity index (χ1v) is 6.25. The molecular formula is C14H17N3O3. The molecule has 2 rings (SSSR count). The third kappa shape index (κ3) is 3.83. The van der Waals surface area contributed by atoms with Crippen molar-refractivity contribution >= 4 is 11.7 Å². The molecule has 6 nitrogen and oxygen atoms in total. The molecule has 0 saturated carbocycles. The summed E-state index contributed by atoms with van der Waals surface area (Å²) in [6.45, 7) is 2.50. The molecule has 1 aromatic carbocycles. The monoisotopic (exact) mass is 275 g/mol. The molecule has 0 unspecified atom stereocenters. The summed E-state index contributed by atoms with van der Waals surface area (Å²) >= 11 is 0. The van der Waals surface area contributed by atoms with Crippen LogP contribution in [0.15, 0.2) is 34.9 Å². The second-order valence-electron chi connectivity index (χ2n) is 4.29. The van der Waals surface area contributed by atoms with Crippen LogP contribution in [0.4, 0.5) is 5.82 Å². The SMILES string of the molecule is COc1ccccc1CNCC(=O)Nc1cc(C)on1. The van der Waals surface area contributed by atoms with Crippen molar-refractivity contribution in [1.29, 1.82) is 0 Å². The first-order chi connectivity index (χ1) is 9.69. The highest BCUT2D eigenvalue weighted by atomic mass is 16.5. The van der Waals surface area contributed by atoms with Gasteiger partial charge < -0.3 is 19.9 Å². The topological polar surface area (TPSA) is 76.4 Å². The predicted molar refractivity (Wildman–Crippen MR) is 74.6 cm³/mol. The lowest BCUT2D eigenvalue weighted by Crippen LogP contribution is -2.27. The van der Waals surface area contributed by atoms with E-state index in [4.69, 9.17) is 9.26 Å². The van der Waals surface area contributed by atoms with E-state index >= 15 is 0 Å². The fourth-order valence-corrected chi connectivity index (χ4v) is 1.77. The lowest BCUT2D eigenvalue weighted by Gasteiger charge is -2.09. The largest absolute Gasteiger partial charge is 0.496 e. The highest BCUT2D eigenvalue weighted by Gasteiger charge is 2.06. The number of ether oxygens (including phenoxy) is 1. The second-order valence-corrected chi connectivity index (χ2v) is 4.29. The molecule has 0 saturated heterocycles. The molecule has 2 N–H and O–H groups in total. The number of carbonyl (C=O) groups is 1. The Kier molecular flexibility index (Phi) is 4.73. The van der Waals surface area contributed by atoms with Gasteiger partial charge in [0, 0.05) is 18.2 Å². The summed E-state index contributed by atoms with van der Waals surface area (Å²) in [5.41, 5.74) is 1.00. The maximum Gasteiger partial charge on any atom is 0.239 e. The molecule has 0 bridgehead atoms. The summed E-state index contributed by atoms with van der Waals surface area (Å²) in [6.07, 6.45) is 0. The van der Waals surface area contributed by atoms with Crippen molar-refractivity contribution in [2.75, 3.05) is 19.0 Å². The van der Waals surface area contributed by atoms with Gasteiger partial charge in [-0.1, -0.05) is 23.4 Å². The van der Waals surface area contributed by atoms with Crippen molar-refractivity contribution in [2.24, 2.45) is 0 Å². The number of nitrogens with zero attached hydrogens (tertiary/aromatic N) is 1. The van der Waals surface area contributed by atoms with E-state index in [9.17, 15) is 4.79 Å². The zero-order valence-corrected chi connectivity index (χ0v) is 11.5. The van der Waals surface area contributed by atoms with E-state index in [1.165, 1.54) is 0 Å². The molecule has 0 spiro atoms. The van der Waals surface area contributed by atoms with Gasteiger partial charge in [-0.3, -0.25) is 4.79 Å². The molecule has 0 aliphatic carbocycles. The van der Waals surface area contributed by atoms with Gasteiger partial charge in [-0.2, -0.15) is 0 Å². The number of carbonyl (C=O) groups excluding carboxylic acids is 1. The van der Waals surface area contributed by atoms with Crippen molar-refractivity contribution in [3.8, 4) is 5.75 Å². The summed E-state index contributed by atoms with van der Waals surface area (Å²) in [7, 11) is 1.62. The quantitative estimate of drug-likeness (QED) is 0.839. The van der Waals surface area contributed by atoms with E-state index in [1.807, 2.05) is 24.3 Å². The molecular weight excluding hydrogens is 258 g/mol. The molecule has 0 aliphatic rings. The number of aryl methyl sites for hydroxylation is 1. The number of amides is 1. The van der Waals surface area contributed by atoms with Crippen molar-refractivity contribution in [3.05, 3.63) is 41.7 Å². The Morgan fingerprint density at radius 1 is 1.40 bits per heavy atom. The maximum absolute atomic E-state index is 11.7. The van der Waals surface area contributed by atoms with Crippen LogP contribution in [0.3, 0.4) is 0 Å². The Bertz CT molecular complexity index is 581. The molecule has 1 heterocycles. The minimum absolute atomic E-state index is 0.173. The second kappa shape index (κ2) is 6.72. The van der Waals surface area contributed by atoms with Crippen LogP contribution >= 0.6 is 0 Å². The van der Waals surface area contributed by atoms with E-state index in [2.05, 4.69) is 15.8 Å². The van der Waals surface area contributed by atoms with Crippen LogP contribution in [0.2, 0.25) is 0 Å². The van der Waals surface area contributed by atoms with Crippen LogP contribution in [0, 0.1) is 6.92 Å². The summed E-state index contributed by atoms with van der Waals surface area (Å²) in [4.78, 5) is 11.7. The molecule has 20 heavy (non-hydrogen) atoms. The van der Waals surface area contributed by atoms with E-state index < -0.39 is 0 Å².